The van der Waals surface area contributed by atoms with Crippen molar-refractivity contribution in [1.82, 2.24) is 0 Å². The summed E-state index contributed by atoms with van der Waals surface area (Å²) in [5, 5.41) is 0. The Morgan fingerprint density at radius 2 is 1.56 bits per heavy atom. The Morgan fingerprint density at radius 1 is 1.22 bits per heavy atom. The molecule has 0 heterocycles. The smallest absolute Gasteiger partial charge is 0.125 e. The predicted octanol–water partition coefficient (Wildman–Crippen LogP) is 1.72. The van der Waals surface area contributed by atoms with Crippen molar-refractivity contribution in [3.05, 3.63) is 0 Å². The van der Waals surface area contributed by atoms with E-state index in [0.29, 0.717) is 0 Å². The molecule has 0 aromatic carbocycles. The van der Waals surface area contributed by atoms with Gasteiger partial charge in [0.1, 0.15) is 5.67 Å². The summed E-state index contributed by atoms with van der Waals surface area (Å²) in [5.41, 5.74) is 3.63. The average molecular weight is 133 g/mol. The fourth-order valence-corrected chi connectivity index (χ4v) is 0.306. The van der Waals surface area contributed by atoms with Crippen LogP contribution in [-0.2, 0) is 0 Å². The molecular formula is C7H16FN. The summed E-state index contributed by atoms with van der Waals surface area (Å²) < 4.78 is 13.2. The number of hydrogen-bond acceptors (Lipinski definition) is 1. The van der Waals surface area contributed by atoms with Crippen LogP contribution in [-0.4, -0.2) is 12.2 Å². The molecule has 0 spiro atoms. The van der Waals surface area contributed by atoms with E-state index in [-0.39, 0.29) is 12.0 Å². The maximum Gasteiger partial charge on any atom is 0.125 e. The molecule has 56 valence electrons. The molecule has 1 atom stereocenters. The van der Waals surface area contributed by atoms with Gasteiger partial charge in [0.05, 0.1) is 0 Å². The van der Waals surface area contributed by atoms with Gasteiger partial charge in [-0.05, 0) is 12.3 Å². The normalized spacial score (nSPS) is 19.3. The van der Waals surface area contributed by atoms with E-state index < -0.39 is 5.67 Å². The third-order valence-corrected chi connectivity index (χ3v) is 1.95. The quantitative estimate of drug-likeness (QED) is 0.579. The molecule has 0 aliphatic heterocycles. The van der Waals surface area contributed by atoms with Crippen LogP contribution in [0.5, 0.6) is 0 Å². The van der Waals surface area contributed by atoms with Gasteiger partial charge in [0.2, 0.25) is 0 Å². The van der Waals surface area contributed by atoms with Gasteiger partial charge >= 0.3 is 0 Å². The van der Waals surface area contributed by atoms with Gasteiger partial charge in [0.15, 0.2) is 0 Å². The lowest BCUT2D eigenvalue weighted by molar-refractivity contribution is 0.0576. The Balaban J connectivity index is 4.14. The maximum atomic E-state index is 13.2. The lowest BCUT2D eigenvalue weighted by Crippen LogP contribution is -2.42. The summed E-state index contributed by atoms with van der Waals surface area (Å²) >= 11 is 0. The van der Waals surface area contributed by atoms with Crippen molar-refractivity contribution in [3.8, 4) is 0 Å². The highest BCUT2D eigenvalue weighted by Gasteiger charge is 2.35. The average Bonchev–Trinajstić information content (AvgIpc) is 1.64. The molecule has 0 aromatic heterocycles. The highest BCUT2D eigenvalue weighted by atomic mass is 19.1. The van der Waals surface area contributed by atoms with Gasteiger partial charge in [-0.3, -0.25) is 0 Å². The Kier molecular flexibility index (Phi) is 2.23. The van der Waals surface area contributed by atoms with Gasteiger partial charge in [-0.1, -0.05) is 20.8 Å². The largest absolute Gasteiger partial charge is 0.328 e. The second kappa shape index (κ2) is 2.25. The molecule has 1 nitrogen and oxygen atoms in total. The number of alkyl halides is 1. The second-order valence-corrected chi connectivity index (χ2v) is 3.65. The van der Waals surface area contributed by atoms with Gasteiger partial charge in [-0.15, -0.1) is 0 Å². The Morgan fingerprint density at radius 3 is 1.56 bits per heavy atom. The standard InChI is InChI=1S/C7H16FN/c1-6(2,3)7(4,8)5-9/h5,9H2,1-4H3. The Hall–Kier alpha value is -0.110. The first-order valence-corrected chi connectivity index (χ1v) is 3.20. The molecule has 0 fully saturated rings. The van der Waals surface area contributed by atoms with Gasteiger partial charge < -0.3 is 5.73 Å². The number of rotatable bonds is 1. The third-order valence-electron chi connectivity index (χ3n) is 1.95. The topological polar surface area (TPSA) is 26.0 Å². The lowest BCUT2D eigenvalue weighted by Gasteiger charge is -2.33. The fraction of sp³-hybridized carbons (Fsp3) is 1.00. The molecule has 0 saturated heterocycles. The van der Waals surface area contributed by atoms with Crippen LogP contribution in [0, 0.1) is 5.41 Å². The van der Waals surface area contributed by atoms with Crippen LogP contribution in [0.4, 0.5) is 4.39 Å². The van der Waals surface area contributed by atoms with Crippen molar-refractivity contribution in [2.75, 3.05) is 6.54 Å². The number of hydrogen-bond donors (Lipinski definition) is 1. The summed E-state index contributed by atoms with van der Waals surface area (Å²) in [6, 6.07) is 0. The minimum Gasteiger partial charge on any atom is -0.328 e. The second-order valence-electron chi connectivity index (χ2n) is 3.65. The molecular weight excluding hydrogens is 117 g/mol. The summed E-state index contributed by atoms with van der Waals surface area (Å²) in [4.78, 5) is 0. The minimum absolute atomic E-state index is 0.0938. The van der Waals surface area contributed by atoms with Crippen molar-refractivity contribution in [3.63, 3.8) is 0 Å². The molecule has 1 unspecified atom stereocenters. The highest BCUT2D eigenvalue weighted by molar-refractivity contribution is 4.87. The predicted molar refractivity (Wildman–Crippen MR) is 38.0 cm³/mol. The zero-order valence-electron chi connectivity index (χ0n) is 6.66. The lowest BCUT2D eigenvalue weighted by atomic mass is 9.79. The molecule has 0 aliphatic carbocycles. The summed E-state index contributed by atoms with van der Waals surface area (Å²) in [7, 11) is 0. The third kappa shape index (κ3) is 1.94. The molecule has 0 aliphatic rings. The van der Waals surface area contributed by atoms with E-state index in [1.54, 1.807) is 0 Å². The first-order valence-electron chi connectivity index (χ1n) is 3.20. The van der Waals surface area contributed by atoms with Crippen LogP contribution >= 0.6 is 0 Å². The van der Waals surface area contributed by atoms with E-state index >= 15 is 0 Å². The molecule has 0 radical (unpaired) electrons. The van der Waals surface area contributed by atoms with E-state index in [2.05, 4.69) is 0 Å². The molecule has 0 bridgehead atoms. The van der Waals surface area contributed by atoms with Crippen LogP contribution in [0.2, 0.25) is 0 Å². The SMILES string of the molecule is CC(C)(C)C(C)(F)CN. The molecule has 0 saturated carbocycles. The zero-order chi connectivity index (χ0) is 7.71. The summed E-state index contributed by atoms with van der Waals surface area (Å²) in [5.74, 6) is 0. The van der Waals surface area contributed by atoms with Crippen molar-refractivity contribution in [2.45, 2.75) is 33.4 Å². The number of halogens is 1. The molecule has 2 heteroatoms. The zero-order valence-corrected chi connectivity index (χ0v) is 6.66. The van der Waals surface area contributed by atoms with Crippen LogP contribution in [0.3, 0.4) is 0 Å². The van der Waals surface area contributed by atoms with Crippen LogP contribution in [0.15, 0.2) is 0 Å². The first-order chi connectivity index (χ1) is 3.81. The van der Waals surface area contributed by atoms with E-state index in [1.807, 2.05) is 20.8 Å². The first kappa shape index (κ1) is 8.89. The van der Waals surface area contributed by atoms with Crippen molar-refractivity contribution in [2.24, 2.45) is 11.1 Å². The van der Waals surface area contributed by atoms with E-state index in [1.165, 1.54) is 6.92 Å². The van der Waals surface area contributed by atoms with Crippen LogP contribution in [0.1, 0.15) is 27.7 Å². The monoisotopic (exact) mass is 133 g/mol. The molecule has 2 N–H and O–H groups in total. The van der Waals surface area contributed by atoms with Gasteiger partial charge in [0, 0.05) is 6.54 Å². The molecule has 0 aromatic rings. The van der Waals surface area contributed by atoms with E-state index in [9.17, 15) is 4.39 Å². The van der Waals surface area contributed by atoms with Gasteiger partial charge in [-0.2, -0.15) is 0 Å². The highest BCUT2D eigenvalue weighted by Crippen LogP contribution is 2.32. The fourth-order valence-electron chi connectivity index (χ4n) is 0.306. The van der Waals surface area contributed by atoms with Crippen molar-refractivity contribution in [1.29, 1.82) is 0 Å². The van der Waals surface area contributed by atoms with Gasteiger partial charge in [-0.25, -0.2) is 4.39 Å². The number of nitrogens with two attached hydrogens (primary N) is 1. The van der Waals surface area contributed by atoms with Crippen LogP contribution in [0.25, 0.3) is 0 Å². The van der Waals surface area contributed by atoms with Crippen molar-refractivity contribution < 1.29 is 4.39 Å². The molecule has 0 amide bonds. The van der Waals surface area contributed by atoms with E-state index in [0.717, 1.165) is 0 Å². The van der Waals surface area contributed by atoms with Gasteiger partial charge in [0.25, 0.3) is 0 Å². The maximum absolute atomic E-state index is 13.2. The molecule has 0 rings (SSSR count). The van der Waals surface area contributed by atoms with E-state index in [4.69, 9.17) is 5.73 Å². The molecule has 9 heavy (non-hydrogen) atoms. The Labute approximate surface area is 56.4 Å². The Bertz CT molecular complexity index is 91.6. The van der Waals surface area contributed by atoms with Crippen molar-refractivity contribution >= 4 is 0 Å². The summed E-state index contributed by atoms with van der Waals surface area (Å²) in [6.45, 7) is 7.17. The minimum atomic E-state index is -1.24. The van der Waals surface area contributed by atoms with Crippen LogP contribution < -0.4 is 5.73 Å². The summed E-state index contributed by atoms with van der Waals surface area (Å²) in [6.07, 6.45) is 0.